The van der Waals surface area contributed by atoms with E-state index in [-0.39, 0.29) is 12.8 Å². The quantitative estimate of drug-likeness (QED) is 0.595. The number of rotatable bonds is 4. The molecule has 0 spiro atoms. The first-order valence-corrected chi connectivity index (χ1v) is 7.75. The van der Waals surface area contributed by atoms with E-state index >= 15 is 0 Å². The number of hydrogen-bond acceptors (Lipinski definition) is 3. The van der Waals surface area contributed by atoms with Crippen molar-refractivity contribution >= 4 is 5.97 Å². The Morgan fingerprint density at radius 2 is 1.50 bits per heavy atom. The molecule has 0 bridgehead atoms. The fourth-order valence-electron chi connectivity index (χ4n) is 2.74. The SMILES string of the molecule is CCC(C)(C)C(=O)OC1CCCCC1C(O)(C(F)(F)F)C(F)(F)F. The molecule has 0 radical (unpaired) electrons. The maximum atomic E-state index is 13.1. The predicted molar refractivity (Wildman–Crippen MR) is 73.0 cm³/mol. The first kappa shape index (κ1) is 21.1. The molecule has 2 unspecified atom stereocenters. The van der Waals surface area contributed by atoms with E-state index in [2.05, 4.69) is 0 Å². The Bertz CT molecular complexity index is 441. The summed E-state index contributed by atoms with van der Waals surface area (Å²) in [6.07, 6.45) is -13.4. The van der Waals surface area contributed by atoms with Crippen LogP contribution in [-0.4, -0.2) is 35.1 Å². The lowest BCUT2D eigenvalue weighted by atomic mass is 9.73. The molecule has 24 heavy (non-hydrogen) atoms. The van der Waals surface area contributed by atoms with Crippen molar-refractivity contribution in [3.63, 3.8) is 0 Å². The van der Waals surface area contributed by atoms with Gasteiger partial charge in [-0.3, -0.25) is 4.79 Å². The molecule has 0 heterocycles. The second-order valence-electron chi connectivity index (χ2n) is 6.83. The Morgan fingerprint density at radius 3 is 1.92 bits per heavy atom. The molecule has 1 aliphatic carbocycles. The van der Waals surface area contributed by atoms with Crippen LogP contribution in [0.5, 0.6) is 0 Å². The highest BCUT2D eigenvalue weighted by atomic mass is 19.4. The molecule has 0 aliphatic heterocycles. The van der Waals surface area contributed by atoms with E-state index in [9.17, 15) is 36.2 Å². The van der Waals surface area contributed by atoms with Crippen LogP contribution in [0.2, 0.25) is 0 Å². The van der Waals surface area contributed by atoms with Gasteiger partial charge in [-0.1, -0.05) is 13.3 Å². The molecule has 1 N–H and O–H groups in total. The number of hydrogen-bond donors (Lipinski definition) is 1. The van der Waals surface area contributed by atoms with Crippen molar-refractivity contribution in [2.45, 2.75) is 76.9 Å². The Labute approximate surface area is 136 Å². The molecule has 142 valence electrons. The first-order chi connectivity index (χ1) is 10.7. The highest BCUT2D eigenvalue weighted by molar-refractivity contribution is 5.76. The van der Waals surface area contributed by atoms with Gasteiger partial charge in [0.05, 0.1) is 5.41 Å². The van der Waals surface area contributed by atoms with Crippen molar-refractivity contribution in [2.75, 3.05) is 0 Å². The van der Waals surface area contributed by atoms with Crippen molar-refractivity contribution in [2.24, 2.45) is 11.3 Å². The minimum atomic E-state index is -5.92. The van der Waals surface area contributed by atoms with E-state index in [1.807, 2.05) is 0 Å². The third kappa shape index (κ3) is 3.81. The number of halogens is 6. The summed E-state index contributed by atoms with van der Waals surface area (Å²) in [6.45, 7) is 4.64. The fourth-order valence-corrected chi connectivity index (χ4v) is 2.74. The van der Waals surface area contributed by atoms with Crippen LogP contribution in [0.4, 0.5) is 26.3 Å². The van der Waals surface area contributed by atoms with Gasteiger partial charge in [-0.05, 0) is 39.5 Å². The molecule has 0 saturated heterocycles. The van der Waals surface area contributed by atoms with Gasteiger partial charge in [-0.2, -0.15) is 26.3 Å². The lowest BCUT2D eigenvalue weighted by Gasteiger charge is -2.44. The molecule has 1 aliphatic rings. The maximum Gasteiger partial charge on any atom is 0.426 e. The van der Waals surface area contributed by atoms with Gasteiger partial charge in [0.2, 0.25) is 0 Å². The number of carbonyl (C=O) groups excluding carboxylic acids is 1. The van der Waals surface area contributed by atoms with Gasteiger partial charge in [0.15, 0.2) is 0 Å². The van der Waals surface area contributed by atoms with Gasteiger partial charge in [0.1, 0.15) is 6.10 Å². The van der Waals surface area contributed by atoms with Crippen molar-refractivity contribution in [3.8, 4) is 0 Å². The molecule has 1 rings (SSSR count). The first-order valence-electron chi connectivity index (χ1n) is 7.75. The monoisotopic (exact) mass is 364 g/mol. The Morgan fingerprint density at radius 1 is 1.04 bits per heavy atom. The van der Waals surface area contributed by atoms with E-state index in [1.165, 1.54) is 13.8 Å². The summed E-state index contributed by atoms with van der Waals surface area (Å²) in [5.41, 5.74) is -5.93. The molecule has 3 nitrogen and oxygen atoms in total. The van der Waals surface area contributed by atoms with E-state index in [1.54, 1.807) is 6.92 Å². The summed E-state index contributed by atoms with van der Waals surface area (Å²) < 4.78 is 83.5. The summed E-state index contributed by atoms with van der Waals surface area (Å²) in [5.74, 6) is -3.14. The molecular weight excluding hydrogens is 342 g/mol. The van der Waals surface area contributed by atoms with Crippen LogP contribution < -0.4 is 0 Å². The van der Waals surface area contributed by atoms with E-state index in [0.29, 0.717) is 12.8 Å². The second kappa shape index (κ2) is 6.72. The molecule has 0 aromatic carbocycles. The lowest BCUT2D eigenvalue weighted by Crippen LogP contribution is -2.65. The third-order valence-corrected chi connectivity index (χ3v) is 4.80. The normalized spacial score (nSPS) is 23.9. The van der Waals surface area contributed by atoms with Gasteiger partial charge >= 0.3 is 18.3 Å². The molecule has 0 aromatic heterocycles. The molecular formula is C15H22F6O3. The number of carbonyl (C=O) groups is 1. The third-order valence-electron chi connectivity index (χ3n) is 4.80. The molecule has 0 amide bonds. The zero-order valence-electron chi connectivity index (χ0n) is 13.7. The fraction of sp³-hybridized carbons (Fsp3) is 0.933. The van der Waals surface area contributed by atoms with Crippen LogP contribution in [0.25, 0.3) is 0 Å². The number of ether oxygens (including phenoxy) is 1. The summed E-state index contributed by atoms with van der Waals surface area (Å²) in [5, 5.41) is 9.61. The smallest absolute Gasteiger partial charge is 0.426 e. The minimum absolute atomic E-state index is 0.0877. The molecule has 2 atom stereocenters. The van der Waals surface area contributed by atoms with E-state index in [4.69, 9.17) is 4.74 Å². The van der Waals surface area contributed by atoms with Crippen molar-refractivity contribution in [3.05, 3.63) is 0 Å². The Balaban J connectivity index is 3.19. The zero-order chi connectivity index (χ0) is 19.0. The average Bonchev–Trinajstić information content (AvgIpc) is 2.44. The van der Waals surface area contributed by atoms with Crippen LogP contribution in [0.1, 0.15) is 52.9 Å². The van der Waals surface area contributed by atoms with Gasteiger partial charge in [-0.15, -0.1) is 0 Å². The zero-order valence-corrected chi connectivity index (χ0v) is 13.7. The van der Waals surface area contributed by atoms with Gasteiger partial charge in [0, 0.05) is 5.92 Å². The molecule has 1 saturated carbocycles. The highest BCUT2D eigenvalue weighted by Crippen LogP contribution is 2.52. The van der Waals surface area contributed by atoms with E-state index in [0.717, 1.165) is 0 Å². The van der Waals surface area contributed by atoms with Gasteiger partial charge < -0.3 is 9.84 Å². The molecule has 1 fully saturated rings. The van der Waals surface area contributed by atoms with Crippen molar-refractivity contribution in [1.82, 2.24) is 0 Å². The van der Waals surface area contributed by atoms with Gasteiger partial charge in [-0.25, -0.2) is 0 Å². The summed E-state index contributed by atoms with van der Waals surface area (Å²) in [4.78, 5) is 12.1. The number of alkyl halides is 6. The lowest BCUT2D eigenvalue weighted by molar-refractivity contribution is -0.393. The second-order valence-corrected chi connectivity index (χ2v) is 6.83. The summed E-state index contributed by atoms with van der Waals surface area (Å²) in [7, 11) is 0. The minimum Gasteiger partial charge on any atom is -0.462 e. The average molecular weight is 364 g/mol. The highest BCUT2D eigenvalue weighted by Gasteiger charge is 2.75. The van der Waals surface area contributed by atoms with Crippen LogP contribution in [0.15, 0.2) is 0 Å². The van der Waals surface area contributed by atoms with Crippen molar-refractivity contribution in [1.29, 1.82) is 0 Å². The summed E-state index contributed by atoms with van der Waals surface area (Å²) >= 11 is 0. The van der Waals surface area contributed by atoms with Crippen LogP contribution >= 0.6 is 0 Å². The Kier molecular flexibility index (Phi) is 5.90. The van der Waals surface area contributed by atoms with Crippen LogP contribution in [0, 0.1) is 11.3 Å². The Hall–Kier alpha value is -0.990. The molecule has 9 heteroatoms. The van der Waals surface area contributed by atoms with Crippen LogP contribution in [-0.2, 0) is 9.53 Å². The number of esters is 1. The number of aliphatic hydroxyl groups is 1. The van der Waals surface area contributed by atoms with Crippen LogP contribution in [0.3, 0.4) is 0 Å². The predicted octanol–water partition coefficient (Wildman–Crippen LogP) is 4.38. The molecule has 0 aromatic rings. The topological polar surface area (TPSA) is 46.5 Å². The maximum absolute atomic E-state index is 13.1. The largest absolute Gasteiger partial charge is 0.462 e. The standard InChI is InChI=1S/C15H22F6O3/c1-4-12(2,3)11(22)24-10-8-6-5-7-9(10)13(23,14(16,17)18)15(19,20)21/h9-10,23H,4-8H2,1-3H3. The van der Waals surface area contributed by atoms with E-state index < -0.39 is 47.8 Å². The van der Waals surface area contributed by atoms with Crippen molar-refractivity contribution < 1.29 is 41.0 Å². The summed E-state index contributed by atoms with van der Waals surface area (Å²) in [6, 6.07) is 0. The van der Waals surface area contributed by atoms with Gasteiger partial charge in [0.25, 0.3) is 5.60 Å².